The molecule has 1 aromatic heterocycles. The number of carboxylic acid groups (broad SMARTS) is 1. The fourth-order valence-electron chi connectivity index (χ4n) is 2.85. The highest BCUT2D eigenvalue weighted by molar-refractivity contribution is 5.96. The van der Waals surface area contributed by atoms with E-state index in [0.717, 1.165) is 11.9 Å². The smallest absolute Gasteiger partial charge is 0.307 e. The van der Waals surface area contributed by atoms with Crippen LogP contribution in [0, 0.1) is 11.8 Å². The van der Waals surface area contributed by atoms with Crippen LogP contribution in [0.3, 0.4) is 0 Å². The number of fused-ring (bicyclic) bond motifs is 1. The highest BCUT2D eigenvalue weighted by atomic mass is 16.4. The molecular weight excluding hydrogens is 270 g/mol. The molecule has 21 heavy (non-hydrogen) atoms. The molecule has 108 valence electrons. The van der Waals surface area contributed by atoms with Crippen molar-refractivity contribution in [2.45, 2.75) is 19.3 Å². The number of carbonyl (C=O) groups excluding carboxylic acids is 1. The van der Waals surface area contributed by atoms with Crippen LogP contribution < -0.4 is 5.32 Å². The van der Waals surface area contributed by atoms with Crippen molar-refractivity contribution in [1.29, 1.82) is 0 Å². The zero-order chi connectivity index (χ0) is 14.8. The molecule has 1 aliphatic rings. The van der Waals surface area contributed by atoms with E-state index in [1.165, 1.54) is 0 Å². The van der Waals surface area contributed by atoms with Gasteiger partial charge in [0.2, 0.25) is 5.91 Å². The highest BCUT2D eigenvalue weighted by Gasteiger charge is 2.37. The first-order valence-corrected chi connectivity index (χ1v) is 6.89. The molecule has 6 nitrogen and oxygen atoms in total. The summed E-state index contributed by atoms with van der Waals surface area (Å²) in [6.45, 7) is 0. The molecule has 0 aliphatic heterocycles. The average Bonchev–Trinajstić information content (AvgIpc) is 2.97. The number of amides is 1. The molecule has 6 heteroatoms. The van der Waals surface area contributed by atoms with Crippen LogP contribution in [0.15, 0.2) is 30.6 Å². The SMILES string of the molecule is O=C(O)C1CCCC1C(=O)Nc1ccc2nccnc2c1. The number of rotatable bonds is 3. The summed E-state index contributed by atoms with van der Waals surface area (Å²) in [5.41, 5.74) is 2.06. The zero-order valence-corrected chi connectivity index (χ0v) is 11.3. The highest BCUT2D eigenvalue weighted by Crippen LogP contribution is 2.33. The van der Waals surface area contributed by atoms with E-state index in [-0.39, 0.29) is 5.91 Å². The van der Waals surface area contributed by atoms with Gasteiger partial charge in [-0.25, -0.2) is 0 Å². The van der Waals surface area contributed by atoms with Crippen LogP contribution in [0.4, 0.5) is 5.69 Å². The number of carboxylic acids is 1. The molecule has 0 bridgehead atoms. The Morgan fingerprint density at radius 1 is 1.10 bits per heavy atom. The fourth-order valence-corrected chi connectivity index (χ4v) is 2.85. The Labute approximate surface area is 121 Å². The van der Waals surface area contributed by atoms with Crippen LogP contribution >= 0.6 is 0 Å². The van der Waals surface area contributed by atoms with Gasteiger partial charge in [0.25, 0.3) is 0 Å². The molecule has 2 atom stereocenters. The zero-order valence-electron chi connectivity index (χ0n) is 11.3. The van der Waals surface area contributed by atoms with Gasteiger partial charge in [-0.3, -0.25) is 19.6 Å². The lowest BCUT2D eigenvalue weighted by Crippen LogP contribution is -2.29. The topological polar surface area (TPSA) is 92.2 Å². The molecule has 1 saturated carbocycles. The van der Waals surface area contributed by atoms with E-state index in [9.17, 15) is 9.59 Å². The van der Waals surface area contributed by atoms with E-state index in [2.05, 4.69) is 15.3 Å². The number of anilines is 1. The number of nitrogens with zero attached hydrogens (tertiary/aromatic N) is 2. The Bertz CT molecular complexity index is 701. The van der Waals surface area contributed by atoms with Gasteiger partial charge >= 0.3 is 5.97 Å². The minimum absolute atomic E-state index is 0.233. The Kier molecular flexibility index (Phi) is 3.51. The van der Waals surface area contributed by atoms with Gasteiger partial charge in [-0.05, 0) is 31.0 Å². The molecule has 1 aliphatic carbocycles. The van der Waals surface area contributed by atoms with Gasteiger partial charge in [0.1, 0.15) is 0 Å². The summed E-state index contributed by atoms with van der Waals surface area (Å²) >= 11 is 0. The molecule has 0 saturated heterocycles. The Balaban J connectivity index is 1.78. The number of aromatic nitrogens is 2. The van der Waals surface area contributed by atoms with Crippen molar-refractivity contribution >= 4 is 28.6 Å². The Morgan fingerprint density at radius 3 is 2.57 bits per heavy atom. The summed E-state index contributed by atoms with van der Waals surface area (Å²) in [6.07, 6.45) is 5.16. The second kappa shape index (κ2) is 5.47. The van der Waals surface area contributed by atoms with E-state index in [4.69, 9.17) is 5.11 Å². The maximum Gasteiger partial charge on any atom is 0.307 e. The Morgan fingerprint density at radius 2 is 1.81 bits per heavy atom. The predicted octanol–water partition coefficient (Wildman–Crippen LogP) is 2.07. The molecule has 3 rings (SSSR count). The molecule has 0 spiro atoms. The summed E-state index contributed by atoms with van der Waals surface area (Å²) in [6, 6.07) is 5.27. The maximum atomic E-state index is 12.3. The largest absolute Gasteiger partial charge is 0.481 e. The quantitative estimate of drug-likeness (QED) is 0.900. The molecule has 1 fully saturated rings. The summed E-state index contributed by atoms with van der Waals surface area (Å²) in [5.74, 6) is -2.16. The van der Waals surface area contributed by atoms with E-state index < -0.39 is 17.8 Å². The van der Waals surface area contributed by atoms with Crippen LogP contribution in [0.1, 0.15) is 19.3 Å². The van der Waals surface area contributed by atoms with Crippen molar-refractivity contribution in [3.8, 4) is 0 Å². The van der Waals surface area contributed by atoms with E-state index in [0.29, 0.717) is 24.0 Å². The molecule has 1 amide bonds. The molecule has 0 radical (unpaired) electrons. The number of hydrogen-bond acceptors (Lipinski definition) is 4. The van der Waals surface area contributed by atoms with E-state index >= 15 is 0 Å². The third-order valence-electron chi connectivity index (χ3n) is 3.91. The summed E-state index contributed by atoms with van der Waals surface area (Å²) < 4.78 is 0. The minimum atomic E-state index is -0.892. The van der Waals surface area contributed by atoms with Gasteiger partial charge in [-0.15, -0.1) is 0 Å². The van der Waals surface area contributed by atoms with Gasteiger partial charge in [-0.1, -0.05) is 6.42 Å². The minimum Gasteiger partial charge on any atom is -0.481 e. The molecular formula is C15H15N3O3. The third kappa shape index (κ3) is 2.69. The fraction of sp³-hybridized carbons (Fsp3) is 0.333. The monoisotopic (exact) mass is 285 g/mol. The standard InChI is InChI=1S/C15H15N3O3/c19-14(10-2-1-3-11(10)15(20)21)18-9-4-5-12-13(8-9)17-7-6-16-12/h4-8,10-11H,1-3H2,(H,18,19)(H,20,21). The van der Waals surface area contributed by atoms with Crippen LogP contribution in [0.5, 0.6) is 0 Å². The van der Waals surface area contributed by atoms with Crippen LogP contribution in [-0.2, 0) is 9.59 Å². The first-order chi connectivity index (χ1) is 10.1. The van der Waals surface area contributed by atoms with Crippen LogP contribution in [-0.4, -0.2) is 27.0 Å². The summed E-state index contributed by atoms with van der Waals surface area (Å²) in [5, 5.41) is 11.9. The first kappa shape index (κ1) is 13.5. The van der Waals surface area contributed by atoms with Crippen molar-refractivity contribution in [3.63, 3.8) is 0 Å². The average molecular weight is 285 g/mol. The summed E-state index contributed by atoms with van der Waals surface area (Å²) in [4.78, 5) is 31.7. The van der Waals surface area contributed by atoms with Gasteiger partial charge < -0.3 is 10.4 Å². The summed E-state index contributed by atoms with van der Waals surface area (Å²) in [7, 11) is 0. The van der Waals surface area contributed by atoms with Gasteiger partial charge in [0, 0.05) is 18.1 Å². The van der Waals surface area contributed by atoms with Gasteiger partial charge in [0.05, 0.1) is 22.9 Å². The molecule has 2 aromatic rings. The van der Waals surface area contributed by atoms with Crippen molar-refractivity contribution in [2.24, 2.45) is 11.8 Å². The van der Waals surface area contributed by atoms with Gasteiger partial charge in [0.15, 0.2) is 0 Å². The molecule has 1 heterocycles. The number of hydrogen-bond donors (Lipinski definition) is 2. The molecule has 2 N–H and O–H groups in total. The molecule has 1 aromatic carbocycles. The normalized spacial score (nSPS) is 21.3. The van der Waals surface area contributed by atoms with Crippen molar-refractivity contribution < 1.29 is 14.7 Å². The third-order valence-corrected chi connectivity index (χ3v) is 3.91. The lowest BCUT2D eigenvalue weighted by molar-refractivity contribution is -0.145. The van der Waals surface area contributed by atoms with Crippen LogP contribution in [0.2, 0.25) is 0 Å². The number of benzene rings is 1. The second-order valence-corrected chi connectivity index (χ2v) is 5.23. The van der Waals surface area contributed by atoms with E-state index in [1.54, 1.807) is 30.6 Å². The maximum absolute atomic E-state index is 12.3. The van der Waals surface area contributed by atoms with Crippen LogP contribution in [0.25, 0.3) is 11.0 Å². The number of nitrogens with one attached hydrogen (secondary N) is 1. The lowest BCUT2D eigenvalue weighted by atomic mass is 9.95. The molecule has 2 unspecified atom stereocenters. The van der Waals surface area contributed by atoms with Gasteiger partial charge in [-0.2, -0.15) is 0 Å². The Hall–Kier alpha value is -2.50. The van der Waals surface area contributed by atoms with Crippen molar-refractivity contribution in [1.82, 2.24) is 9.97 Å². The lowest BCUT2D eigenvalue weighted by Gasteiger charge is -2.15. The number of aliphatic carboxylic acids is 1. The van der Waals surface area contributed by atoms with Crippen molar-refractivity contribution in [2.75, 3.05) is 5.32 Å². The first-order valence-electron chi connectivity index (χ1n) is 6.89. The van der Waals surface area contributed by atoms with E-state index in [1.807, 2.05) is 0 Å². The van der Waals surface area contributed by atoms with Crippen molar-refractivity contribution in [3.05, 3.63) is 30.6 Å². The second-order valence-electron chi connectivity index (χ2n) is 5.23. The number of carbonyl (C=O) groups is 2. The predicted molar refractivity (Wildman–Crippen MR) is 76.6 cm³/mol.